The second kappa shape index (κ2) is 5.85. The topological polar surface area (TPSA) is 53.1 Å². The van der Waals surface area contributed by atoms with Crippen LogP contribution < -0.4 is 5.73 Å². The van der Waals surface area contributed by atoms with Gasteiger partial charge in [0.2, 0.25) is 0 Å². The number of nitrogens with two attached hydrogens (primary N) is 1. The van der Waals surface area contributed by atoms with Crippen molar-refractivity contribution < 1.29 is 4.74 Å². The maximum Gasteiger partial charge on any atom is 0.105 e. The lowest BCUT2D eigenvalue weighted by Crippen LogP contribution is -2.44. The molecule has 4 heteroatoms. The smallest absolute Gasteiger partial charge is 0.105 e. The molecule has 0 aliphatic heterocycles. The Labute approximate surface area is 110 Å². The van der Waals surface area contributed by atoms with Gasteiger partial charge in [0.05, 0.1) is 12.2 Å². The van der Waals surface area contributed by atoms with Gasteiger partial charge < -0.3 is 15.0 Å². The Morgan fingerprint density at radius 2 is 2.22 bits per heavy atom. The van der Waals surface area contributed by atoms with Gasteiger partial charge in [0.15, 0.2) is 0 Å². The maximum atomic E-state index is 6.12. The summed E-state index contributed by atoms with van der Waals surface area (Å²) in [6.07, 6.45) is 8.51. The quantitative estimate of drug-likeness (QED) is 0.872. The van der Waals surface area contributed by atoms with E-state index < -0.39 is 0 Å². The van der Waals surface area contributed by atoms with Gasteiger partial charge in [-0.05, 0) is 38.5 Å². The number of aromatic nitrogens is 2. The van der Waals surface area contributed by atoms with Crippen LogP contribution in [0.15, 0.2) is 12.4 Å². The van der Waals surface area contributed by atoms with Crippen LogP contribution in [0.5, 0.6) is 0 Å². The third-order valence-corrected chi connectivity index (χ3v) is 4.22. The Balaban J connectivity index is 1.82. The van der Waals surface area contributed by atoms with Gasteiger partial charge in [-0.2, -0.15) is 0 Å². The van der Waals surface area contributed by atoms with Crippen molar-refractivity contribution in [2.24, 2.45) is 11.7 Å². The van der Waals surface area contributed by atoms with E-state index in [4.69, 9.17) is 10.5 Å². The molecule has 0 bridgehead atoms. The number of nitrogens with zero attached hydrogens (tertiary/aromatic N) is 2. The van der Waals surface area contributed by atoms with Crippen LogP contribution in [0.1, 0.15) is 38.4 Å². The first-order valence-electron chi connectivity index (χ1n) is 6.97. The molecular weight excluding hydrogens is 226 g/mol. The molecule has 0 saturated heterocycles. The summed E-state index contributed by atoms with van der Waals surface area (Å²) in [5.74, 6) is 1.86. The zero-order valence-corrected chi connectivity index (χ0v) is 11.6. The van der Waals surface area contributed by atoms with Gasteiger partial charge in [0, 0.05) is 25.5 Å². The summed E-state index contributed by atoms with van der Waals surface area (Å²) in [6.45, 7) is 6.56. The summed E-state index contributed by atoms with van der Waals surface area (Å²) in [5.41, 5.74) is 5.86. The molecule has 1 heterocycles. The molecule has 1 aromatic heterocycles. The van der Waals surface area contributed by atoms with E-state index in [0.29, 0.717) is 6.54 Å². The van der Waals surface area contributed by atoms with Crippen molar-refractivity contribution in [3.8, 4) is 0 Å². The molecule has 1 aliphatic rings. The van der Waals surface area contributed by atoms with Crippen molar-refractivity contribution in [2.75, 3.05) is 13.2 Å². The number of rotatable bonds is 5. The molecule has 2 N–H and O–H groups in total. The molecule has 0 spiro atoms. The first-order valence-corrected chi connectivity index (χ1v) is 6.97. The Kier molecular flexibility index (Phi) is 4.40. The maximum absolute atomic E-state index is 6.12. The predicted octanol–water partition coefficient (Wildman–Crippen LogP) is 2.12. The normalized spacial score (nSPS) is 28.5. The average Bonchev–Trinajstić information content (AvgIpc) is 2.78. The highest BCUT2D eigenvalue weighted by Crippen LogP contribution is 2.33. The molecule has 0 atom stereocenters. The van der Waals surface area contributed by atoms with Gasteiger partial charge in [0.1, 0.15) is 5.82 Å². The third-order valence-electron chi connectivity index (χ3n) is 4.22. The minimum atomic E-state index is -0.0685. The highest BCUT2D eigenvalue weighted by atomic mass is 16.5. The van der Waals surface area contributed by atoms with Crippen LogP contribution in [-0.4, -0.2) is 28.3 Å². The summed E-state index contributed by atoms with van der Waals surface area (Å²) < 4.78 is 8.24. The summed E-state index contributed by atoms with van der Waals surface area (Å²) in [7, 11) is 0. The first kappa shape index (κ1) is 13.6. The lowest BCUT2D eigenvalue weighted by atomic mass is 9.79. The van der Waals surface area contributed by atoms with Crippen molar-refractivity contribution in [2.45, 2.75) is 51.7 Å². The van der Waals surface area contributed by atoms with Gasteiger partial charge in [-0.25, -0.2) is 4.98 Å². The fourth-order valence-corrected chi connectivity index (χ4v) is 2.70. The van der Waals surface area contributed by atoms with Crippen LogP contribution in [0.2, 0.25) is 0 Å². The van der Waals surface area contributed by atoms with Crippen LogP contribution in [0.4, 0.5) is 0 Å². The molecule has 1 fully saturated rings. The molecule has 0 aromatic carbocycles. The Morgan fingerprint density at radius 3 is 2.78 bits per heavy atom. The van der Waals surface area contributed by atoms with E-state index in [-0.39, 0.29) is 5.60 Å². The van der Waals surface area contributed by atoms with Crippen LogP contribution in [-0.2, 0) is 11.3 Å². The second-order valence-electron chi connectivity index (χ2n) is 5.59. The standard InChI is InChI=1S/C14H25N3O/c1-12-3-5-14(11-15,6-4-12)18-10-9-17-8-7-16-13(17)2/h7-8,12H,3-6,9-11,15H2,1-2H3. The van der Waals surface area contributed by atoms with Crippen LogP contribution in [0.25, 0.3) is 0 Å². The van der Waals surface area contributed by atoms with Gasteiger partial charge in [-0.1, -0.05) is 6.92 Å². The molecule has 4 nitrogen and oxygen atoms in total. The van der Waals surface area contributed by atoms with E-state index in [9.17, 15) is 0 Å². The van der Waals surface area contributed by atoms with Crippen molar-refractivity contribution >= 4 is 0 Å². The van der Waals surface area contributed by atoms with E-state index >= 15 is 0 Å². The molecule has 102 valence electrons. The van der Waals surface area contributed by atoms with Gasteiger partial charge >= 0.3 is 0 Å². The van der Waals surface area contributed by atoms with Crippen LogP contribution in [0.3, 0.4) is 0 Å². The van der Waals surface area contributed by atoms with E-state index in [0.717, 1.165) is 37.7 Å². The minimum Gasteiger partial charge on any atom is -0.372 e. The van der Waals surface area contributed by atoms with Crippen LogP contribution in [0, 0.1) is 12.8 Å². The minimum absolute atomic E-state index is 0.0685. The molecule has 1 saturated carbocycles. The molecule has 0 radical (unpaired) electrons. The summed E-state index contributed by atoms with van der Waals surface area (Å²) in [6, 6.07) is 0. The molecule has 2 rings (SSSR count). The largest absolute Gasteiger partial charge is 0.372 e. The van der Waals surface area contributed by atoms with Gasteiger partial charge in [0.25, 0.3) is 0 Å². The summed E-state index contributed by atoms with van der Waals surface area (Å²) >= 11 is 0. The molecule has 0 unspecified atom stereocenters. The van der Waals surface area contributed by atoms with E-state index in [1.165, 1.54) is 12.8 Å². The van der Waals surface area contributed by atoms with Crippen molar-refractivity contribution in [3.63, 3.8) is 0 Å². The van der Waals surface area contributed by atoms with E-state index in [2.05, 4.69) is 16.5 Å². The number of ether oxygens (including phenoxy) is 1. The molecule has 18 heavy (non-hydrogen) atoms. The summed E-state index contributed by atoms with van der Waals surface area (Å²) in [5, 5.41) is 0. The lowest BCUT2D eigenvalue weighted by Gasteiger charge is -2.38. The first-order chi connectivity index (χ1) is 8.65. The lowest BCUT2D eigenvalue weighted by molar-refractivity contribution is -0.0727. The van der Waals surface area contributed by atoms with E-state index in [1.807, 2.05) is 19.3 Å². The molecule has 1 aromatic rings. The highest BCUT2D eigenvalue weighted by molar-refractivity contribution is 4.89. The van der Waals surface area contributed by atoms with Gasteiger partial charge in [-0.3, -0.25) is 0 Å². The Morgan fingerprint density at radius 1 is 1.50 bits per heavy atom. The summed E-state index contributed by atoms with van der Waals surface area (Å²) in [4.78, 5) is 4.21. The van der Waals surface area contributed by atoms with Crippen molar-refractivity contribution in [1.29, 1.82) is 0 Å². The monoisotopic (exact) mass is 251 g/mol. The predicted molar refractivity (Wildman–Crippen MR) is 72.3 cm³/mol. The number of hydrogen-bond acceptors (Lipinski definition) is 3. The van der Waals surface area contributed by atoms with Gasteiger partial charge in [-0.15, -0.1) is 0 Å². The average molecular weight is 251 g/mol. The zero-order valence-electron chi connectivity index (χ0n) is 11.6. The zero-order chi connectivity index (χ0) is 13.0. The van der Waals surface area contributed by atoms with E-state index in [1.54, 1.807) is 0 Å². The molecule has 1 aliphatic carbocycles. The fourth-order valence-electron chi connectivity index (χ4n) is 2.70. The van der Waals surface area contributed by atoms with Crippen LogP contribution >= 0.6 is 0 Å². The third kappa shape index (κ3) is 3.12. The highest BCUT2D eigenvalue weighted by Gasteiger charge is 2.33. The fraction of sp³-hybridized carbons (Fsp3) is 0.786. The second-order valence-corrected chi connectivity index (χ2v) is 5.59. The number of hydrogen-bond donors (Lipinski definition) is 1. The Hall–Kier alpha value is -0.870. The number of imidazole rings is 1. The van der Waals surface area contributed by atoms with Crippen molar-refractivity contribution in [1.82, 2.24) is 9.55 Å². The van der Waals surface area contributed by atoms with Crippen molar-refractivity contribution in [3.05, 3.63) is 18.2 Å². The molecule has 0 amide bonds. The SMILES string of the molecule is Cc1nccn1CCOC1(CN)CCC(C)CC1. The molecular formula is C14H25N3O. The number of aryl methyl sites for hydroxylation is 1. The Bertz CT molecular complexity index is 367.